The van der Waals surface area contributed by atoms with Crippen molar-refractivity contribution in [2.75, 3.05) is 7.05 Å². The number of hydrogen-bond donors (Lipinski definition) is 1. The van der Waals surface area contributed by atoms with Crippen LogP contribution in [0.1, 0.15) is 17.2 Å². The molecule has 2 nitrogen and oxygen atoms in total. The second kappa shape index (κ2) is 5.03. The summed E-state index contributed by atoms with van der Waals surface area (Å²) in [6.07, 6.45) is 1.13. The summed E-state index contributed by atoms with van der Waals surface area (Å²) in [5, 5.41) is 7.66. The van der Waals surface area contributed by atoms with E-state index >= 15 is 0 Å². The fourth-order valence-electron chi connectivity index (χ4n) is 2.45. The average Bonchev–Trinajstić information content (AvgIpc) is 2.97. The highest BCUT2D eigenvalue weighted by Crippen LogP contribution is 2.37. The number of thiophene rings is 1. The van der Waals surface area contributed by atoms with Gasteiger partial charge in [-0.1, -0.05) is 18.2 Å². The standard InChI is InChI=1S/C14H14BrNOS/c1-16-14(10-7-18-8-11(10)15)13-6-9-4-2-3-5-12(9)17-13/h2-5,7-8,13-14,16H,6H2,1H3. The third-order valence-electron chi connectivity index (χ3n) is 3.33. The molecule has 94 valence electrons. The summed E-state index contributed by atoms with van der Waals surface area (Å²) in [6.45, 7) is 0. The third-order valence-corrected chi connectivity index (χ3v) is 5.08. The number of fused-ring (bicyclic) bond motifs is 1. The van der Waals surface area contributed by atoms with Gasteiger partial charge < -0.3 is 10.1 Å². The Morgan fingerprint density at radius 1 is 1.39 bits per heavy atom. The summed E-state index contributed by atoms with van der Waals surface area (Å²) in [6, 6.07) is 8.50. The Morgan fingerprint density at radius 3 is 2.89 bits per heavy atom. The van der Waals surface area contributed by atoms with E-state index in [9.17, 15) is 0 Å². The fourth-order valence-corrected chi connectivity index (χ4v) is 4.03. The summed E-state index contributed by atoms with van der Waals surface area (Å²) in [7, 11) is 1.99. The van der Waals surface area contributed by atoms with E-state index < -0.39 is 0 Å². The molecule has 0 spiro atoms. The van der Waals surface area contributed by atoms with Crippen LogP contribution in [0.3, 0.4) is 0 Å². The highest BCUT2D eigenvalue weighted by atomic mass is 79.9. The molecule has 1 aromatic heterocycles. The van der Waals surface area contributed by atoms with Crippen molar-refractivity contribution >= 4 is 27.3 Å². The van der Waals surface area contributed by atoms with Gasteiger partial charge in [-0.15, -0.1) is 0 Å². The van der Waals surface area contributed by atoms with Gasteiger partial charge in [-0.2, -0.15) is 11.3 Å². The minimum atomic E-state index is 0.165. The Labute approximate surface area is 119 Å². The van der Waals surface area contributed by atoms with Crippen molar-refractivity contribution in [3.63, 3.8) is 0 Å². The van der Waals surface area contributed by atoms with Crippen LogP contribution in [-0.2, 0) is 6.42 Å². The summed E-state index contributed by atoms with van der Waals surface area (Å²) >= 11 is 5.31. The lowest BCUT2D eigenvalue weighted by atomic mass is 10.0. The van der Waals surface area contributed by atoms with E-state index in [4.69, 9.17) is 4.74 Å². The predicted octanol–water partition coefficient (Wildman–Crippen LogP) is 3.77. The monoisotopic (exact) mass is 323 g/mol. The van der Waals surface area contributed by atoms with Crippen LogP contribution in [0.25, 0.3) is 0 Å². The SMILES string of the molecule is CNC(c1cscc1Br)C1Cc2ccccc2O1. The van der Waals surface area contributed by atoms with Gasteiger partial charge in [-0.25, -0.2) is 0 Å². The molecule has 0 radical (unpaired) electrons. The van der Waals surface area contributed by atoms with Crippen molar-refractivity contribution in [1.82, 2.24) is 5.32 Å². The molecule has 0 fully saturated rings. The second-order valence-electron chi connectivity index (χ2n) is 4.41. The molecule has 0 aliphatic carbocycles. The maximum Gasteiger partial charge on any atom is 0.123 e. The lowest BCUT2D eigenvalue weighted by Crippen LogP contribution is -2.32. The molecule has 1 aliphatic heterocycles. The number of para-hydroxylation sites is 1. The number of rotatable bonds is 3. The number of likely N-dealkylation sites (N-methyl/N-ethyl adjacent to an activating group) is 1. The molecule has 3 rings (SSSR count). The van der Waals surface area contributed by atoms with Crippen LogP contribution in [0, 0.1) is 0 Å². The first kappa shape index (κ1) is 12.2. The van der Waals surface area contributed by atoms with Crippen LogP contribution in [0.15, 0.2) is 39.5 Å². The minimum absolute atomic E-state index is 0.165. The van der Waals surface area contributed by atoms with Crippen LogP contribution in [-0.4, -0.2) is 13.2 Å². The molecule has 18 heavy (non-hydrogen) atoms. The molecule has 0 amide bonds. The van der Waals surface area contributed by atoms with Gasteiger partial charge >= 0.3 is 0 Å². The van der Waals surface area contributed by atoms with E-state index in [1.54, 1.807) is 11.3 Å². The summed E-state index contributed by atoms with van der Waals surface area (Å²) in [4.78, 5) is 0. The molecule has 0 saturated heterocycles. The number of benzene rings is 1. The van der Waals surface area contributed by atoms with Gasteiger partial charge in [0.25, 0.3) is 0 Å². The molecule has 2 aromatic rings. The Kier molecular flexibility index (Phi) is 3.41. The van der Waals surface area contributed by atoms with Gasteiger partial charge in [0.1, 0.15) is 11.9 Å². The molecule has 1 N–H and O–H groups in total. The second-order valence-corrected chi connectivity index (χ2v) is 6.01. The van der Waals surface area contributed by atoms with E-state index in [0.717, 1.165) is 16.6 Å². The summed E-state index contributed by atoms with van der Waals surface area (Å²) < 4.78 is 7.22. The van der Waals surface area contributed by atoms with Crippen molar-refractivity contribution in [2.45, 2.75) is 18.6 Å². The van der Waals surface area contributed by atoms with E-state index in [2.05, 4.69) is 44.1 Å². The molecule has 1 aliphatic rings. The normalized spacial score (nSPS) is 19.3. The Balaban J connectivity index is 1.86. The first-order valence-electron chi connectivity index (χ1n) is 5.93. The van der Waals surface area contributed by atoms with Gasteiger partial charge in [0.05, 0.1) is 6.04 Å². The molecule has 0 bridgehead atoms. The van der Waals surface area contributed by atoms with Crippen LogP contribution < -0.4 is 10.1 Å². The van der Waals surface area contributed by atoms with Gasteiger partial charge in [0.2, 0.25) is 0 Å². The third kappa shape index (κ3) is 2.09. The van der Waals surface area contributed by atoms with Crippen molar-refractivity contribution < 1.29 is 4.74 Å². The first-order chi connectivity index (χ1) is 8.79. The number of nitrogens with one attached hydrogen (secondary N) is 1. The minimum Gasteiger partial charge on any atom is -0.488 e. The van der Waals surface area contributed by atoms with E-state index in [0.29, 0.717) is 0 Å². The predicted molar refractivity (Wildman–Crippen MR) is 78.4 cm³/mol. The maximum atomic E-state index is 6.06. The van der Waals surface area contributed by atoms with Gasteiger partial charge in [-0.05, 0) is 45.6 Å². The molecular formula is C14H14BrNOS. The largest absolute Gasteiger partial charge is 0.488 e. The Morgan fingerprint density at radius 2 is 2.22 bits per heavy atom. The topological polar surface area (TPSA) is 21.3 Å². The lowest BCUT2D eigenvalue weighted by Gasteiger charge is -2.22. The van der Waals surface area contributed by atoms with Gasteiger partial charge in [-0.3, -0.25) is 0 Å². The van der Waals surface area contributed by atoms with E-state index in [1.807, 2.05) is 19.2 Å². The molecular weight excluding hydrogens is 310 g/mol. The number of ether oxygens (including phenoxy) is 1. The van der Waals surface area contributed by atoms with E-state index in [-0.39, 0.29) is 12.1 Å². The van der Waals surface area contributed by atoms with Gasteiger partial charge in [0, 0.05) is 16.3 Å². The smallest absolute Gasteiger partial charge is 0.123 e. The number of halogens is 1. The summed E-state index contributed by atoms with van der Waals surface area (Å²) in [5.41, 5.74) is 2.58. The zero-order valence-corrected chi connectivity index (χ0v) is 12.4. The first-order valence-corrected chi connectivity index (χ1v) is 7.66. The Bertz CT molecular complexity index is 529. The average molecular weight is 324 g/mol. The maximum absolute atomic E-state index is 6.06. The van der Waals surface area contributed by atoms with Crippen molar-refractivity contribution in [2.24, 2.45) is 0 Å². The molecule has 0 saturated carbocycles. The van der Waals surface area contributed by atoms with Crippen LogP contribution in [0.4, 0.5) is 0 Å². The van der Waals surface area contributed by atoms with Crippen molar-refractivity contribution in [1.29, 1.82) is 0 Å². The summed E-state index contributed by atoms with van der Waals surface area (Å²) in [5.74, 6) is 1.02. The molecule has 1 aromatic carbocycles. The van der Waals surface area contributed by atoms with Crippen LogP contribution in [0.2, 0.25) is 0 Å². The molecule has 4 heteroatoms. The van der Waals surface area contributed by atoms with Gasteiger partial charge in [0.15, 0.2) is 0 Å². The van der Waals surface area contributed by atoms with Crippen molar-refractivity contribution in [3.05, 3.63) is 50.6 Å². The van der Waals surface area contributed by atoms with Crippen LogP contribution in [0.5, 0.6) is 5.75 Å². The highest BCUT2D eigenvalue weighted by molar-refractivity contribution is 9.10. The Hall–Kier alpha value is -0.840. The molecule has 2 atom stereocenters. The molecule has 2 unspecified atom stereocenters. The number of hydrogen-bond acceptors (Lipinski definition) is 3. The molecule has 2 heterocycles. The van der Waals surface area contributed by atoms with Crippen LogP contribution >= 0.6 is 27.3 Å². The van der Waals surface area contributed by atoms with Crippen molar-refractivity contribution in [3.8, 4) is 5.75 Å². The lowest BCUT2D eigenvalue weighted by molar-refractivity contribution is 0.183. The quantitative estimate of drug-likeness (QED) is 0.928. The zero-order valence-electron chi connectivity index (χ0n) is 10.0. The van der Waals surface area contributed by atoms with E-state index in [1.165, 1.54) is 11.1 Å². The fraction of sp³-hybridized carbons (Fsp3) is 0.286. The zero-order chi connectivity index (χ0) is 12.5. The highest BCUT2D eigenvalue weighted by Gasteiger charge is 2.31.